The van der Waals surface area contributed by atoms with Crippen LogP contribution in [0.2, 0.25) is 0 Å². The number of benzene rings is 2. The van der Waals surface area contributed by atoms with E-state index in [1.165, 1.54) is 12.1 Å². The summed E-state index contributed by atoms with van der Waals surface area (Å²) in [6.07, 6.45) is 0.468. The molecule has 27 heavy (non-hydrogen) atoms. The van der Waals surface area contributed by atoms with Gasteiger partial charge in [-0.1, -0.05) is 36.4 Å². The molecule has 0 aliphatic rings. The SMILES string of the molecule is C[C@H](Cc1ccc(C(=O)N=[N+]=[N-])c(S(=O)(=O)O)c1)N[C@H](C)c1ccccc1. The molecule has 2 rings (SSSR count). The molecule has 0 aliphatic heterocycles. The van der Waals surface area contributed by atoms with Crippen molar-refractivity contribution in [3.8, 4) is 0 Å². The molecule has 0 aromatic heterocycles. The van der Waals surface area contributed by atoms with Gasteiger partial charge >= 0.3 is 0 Å². The Morgan fingerprint density at radius 1 is 1.22 bits per heavy atom. The molecular weight excluding hydrogens is 368 g/mol. The van der Waals surface area contributed by atoms with Crippen molar-refractivity contribution >= 4 is 16.0 Å². The van der Waals surface area contributed by atoms with Crippen molar-refractivity contribution in [3.63, 3.8) is 0 Å². The average molecular weight is 388 g/mol. The zero-order chi connectivity index (χ0) is 20.0. The van der Waals surface area contributed by atoms with Gasteiger partial charge in [0.05, 0.1) is 0 Å². The van der Waals surface area contributed by atoms with Crippen LogP contribution in [0.1, 0.15) is 41.4 Å². The van der Waals surface area contributed by atoms with E-state index in [4.69, 9.17) is 5.53 Å². The smallest absolute Gasteiger partial charge is 0.295 e. The molecule has 0 bridgehead atoms. The van der Waals surface area contributed by atoms with E-state index in [0.29, 0.717) is 12.0 Å². The average Bonchev–Trinajstić information content (AvgIpc) is 2.61. The minimum Gasteiger partial charge on any atom is -0.307 e. The second kappa shape index (κ2) is 8.79. The Labute approximate surface area is 157 Å². The maximum absolute atomic E-state index is 11.7. The van der Waals surface area contributed by atoms with E-state index in [9.17, 15) is 17.8 Å². The summed E-state index contributed by atoms with van der Waals surface area (Å²) < 4.78 is 32.6. The molecule has 1 amide bonds. The van der Waals surface area contributed by atoms with E-state index in [2.05, 4.69) is 15.3 Å². The van der Waals surface area contributed by atoms with Crippen LogP contribution in [-0.4, -0.2) is 24.9 Å². The van der Waals surface area contributed by atoms with Gasteiger partial charge < -0.3 is 5.32 Å². The second-order valence-electron chi connectivity index (χ2n) is 6.20. The second-order valence-corrected chi connectivity index (χ2v) is 7.59. The van der Waals surface area contributed by atoms with Crippen LogP contribution in [0.4, 0.5) is 0 Å². The van der Waals surface area contributed by atoms with Crippen LogP contribution in [0.15, 0.2) is 58.5 Å². The third-order valence-electron chi connectivity index (χ3n) is 4.07. The molecule has 0 unspecified atom stereocenters. The number of rotatable bonds is 7. The number of hydrogen-bond acceptors (Lipinski definition) is 4. The van der Waals surface area contributed by atoms with Gasteiger partial charge in [-0.3, -0.25) is 9.35 Å². The molecule has 0 saturated carbocycles. The van der Waals surface area contributed by atoms with Crippen LogP contribution in [0.3, 0.4) is 0 Å². The van der Waals surface area contributed by atoms with Crippen molar-refractivity contribution < 1.29 is 17.8 Å². The number of carbonyl (C=O) groups excluding carboxylic acids is 1. The van der Waals surface area contributed by atoms with E-state index in [1.54, 1.807) is 6.07 Å². The number of carbonyl (C=O) groups is 1. The van der Waals surface area contributed by atoms with Gasteiger partial charge in [-0.05, 0) is 54.2 Å². The Hall–Kier alpha value is -2.71. The highest BCUT2D eigenvalue weighted by Gasteiger charge is 2.21. The Kier molecular flexibility index (Phi) is 6.70. The van der Waals surface area contributed by atoms with Gasteiger partial charge in [0.2, 0.25) is 0 Å². The first kappa shape index (κ1) is 20.6. The lowest BCUT2D eigenvalue weighted by molar-refractivity contribution is 0.0997. The van der Waals surface area contributed by atoms with Crippen LogP contribution in [0.5, 0.6) is 0 Å². The number of nitrogens with one attached hydrogen (secondary N) is 1. The van der Waals surface area contributed by atoms with Crippen LogP contribution in [0, 0.1) is 0 Å². The standard InChI is InChI=1S/C18H20N4O4S/c1-12(20-13(2)15-6-4-3-5-7-15)10-14-8-9-16(18(23)21-22-19)17(11-14)27(24,25)26/h3-9,11-13,20H,10H2,1-2H3,(H,24,25,26)/t12-,13-/m1/s1. The third-order valence-corrected chi connectivity index (χ3v) is 4.96. The summed E-state index contributed by atoms with van der Waals surface area (Å²) in [5.41, 5.74) is 9.73. The molecule has 0 spiro atoms. The van der Waals surface area contributed by atoms with Crippen molar-refractivity contribution in [2.45, 2.75) is 37.2 Å². The molecule has 2 atom stereocenters. The number of nitrogens with zero attached hydrogens (tertiary/aromatic N) is 3. The summed E-state index contributed by atoms with van der Waals surface area (Å²) in [5.74, 6) is -1.07. The first-order valence-electron chi connectivity index (χ1n) is 8.23. The summed E-state index contributed by atoms with van der Waals surface area (Å²) in [7, 11) is -4.65. The fourth-order valence-electron chi connectivity index (χ4n) is 2.86. The fourth-order valence-corrected chi connectivity index (χ4v) is 3.59. The van der Waals surface area contributed by atoms with Gasteiger partial charge in [0.25, 0.3) is 16.0 Å². The van der Waals surface area contributed by atoms with Crippen molar-refractivity contribution in [2.24, 2.45) is 5.11 Å². The molecule has 2 aromatic rings. The lowest BCUT2D eigenvalue weighted by Crippen LogP contribution is -2.30. The highest BCUT2D eigenvalue weighted by Crippen LogP contribution is 2.21. The predicted molar refractivity (Wildman–Crippen MR) is 101 cm³/mol. The molecule has 0 radical (unpaired) electrons. The summed E-state index contributed by atoms with van der Waals surface area (Å²) in [5, 5.41) is 6.30. The van der Waals surface area contributed by atoms with Gasteiger partial charge in [-0.25, -0.2) is 0 Å². The van der Waals surface area contributed by atoms with E-state index < -0.39 is 20.9 Å². The molecule has 9 heteroatoms. The maximum Gasteiger partial charge on any atom is 0.295 e. The molecule has 0 saturated heterocycles. The Morgan fingerprint density at radius 2 is 1.89 bits per heavy atom. The number of hydrogen-bond donors (Lipinski definition) is 2. The van der Waals surface area contributed by atoms with Gasteiger partial charge in [0, 0.05) is 22.6 Å². The Morgan fingerprint density at radius 3 is 2.48 bits per heavy atom. The van der Waals surface area contributed by atoms with E-state index in [-0.39, 0.29) is 17.6 Å². The lowest BCUT2D eigenvalue weighted by Gasteiger charge is -2.21. The minimum atomic E-state index is -4.65. The van der Waals surface area contributed by atoms with E-state index in [1.807, 2.05) is 44.2 Å². The first-order chi connectivity index (χ1) is 12.7. The first-order valence-corrected chi connectivity index (χ1v) is 9.67. The van der Waals surface area contributed by atoms with Crippen LogP contribution >= 0.6 is 0 Å². The maximum atomic E-state index is 11.7. The van der Waals surface area contributed by atoms with Crippen molar-refractivity contribution in [1.29, 1.82) is 0 Å². The molecule has 8 nitrogen and oxygen atoms in total. The normalized spacial score (nSPS) is 13.4. The van der Waals surface area contributed by atoms with Gasteiger partial charge in [-0.15, -0.1) is 0 Å². The third kappa shape index (κ3) is 5.63. The largest absolute Gasteiger partial charge is 0.307 e. The van der Waals surface area contributed by atoms with Gasteiger partial charge in [0.1, 0.15) is 4.90 Å². The Balaban J connectivity index is 2.21. The monoisotopic (exact) mass is 388 g/mol. The van der Waals surface area contributed by atoms with Crippen LogP contribution in [-0.2, 0) is 16.5 Å². The topological polar surface area (TPSA) is 132 Å². The van der Waals surface area contributed by atoms with Crippen LogP contribution < -0.4 is 5.32 Å². The van der Waals surface area contributed by atoms with Gasteiger partial charge in [0.15, 0.2) is 0 Å². The highest BCUT2D eigenvalue weighted by atomic mass is 32.2. The molecule has 142 valence electrons. The predicted octanol–water partition coefficient (Wildman–Crippen LogP) is 3.67. The summed E-state index contributed by atoms with van der Waals surface area (Å²) in [4.78, 5) is 13.5. The molecule has 2 aromatic carbocycles. The van der Waals surface area contributed by atoms with Crippen molar-refractivity contribution in [1.82, 2.24) is 5.32 Å². The molecular formula is C18H20N4O4S. The summed E-state index contributed by atoms with van der Waals surface area (Å²) in [6, 6.07) is 14.0. The molecule has 0 aliphatic carbocycles. The molecule has 0 heterocycles. The van der Waals surface area contributed by atoms with E-state index >= 15 is 0 Å². The molecule has 2 N–H and O–H groups in total. The fraction of sp³-hybridized carbons (Fsp3) is 0.278. The van der Waals surface area contributed by atoms with Crippen molar-refractivity contribution in [3.05, 3.63) is 75.7 Å². The zero-order valence-corrected chi connectivity index (χ0v) is 15.7. The quantitative estimate of drug-likeness (QED) is 0.323. The Bertz CT molecular complexity index is 970. The minimum absolute atomic E-state index is 0.00636. The van der Waals surface area contributed by atoms with Crippen molar-refractivity contribution in [2.75, 3.05) is 0 Å². The highest BCUT2D eigenvalue weighted by molar-refractivity contribution is 7.86. The summed E-state index contributed by atoms with van der Waals surface area (Å²) in [6.45, 7) is 3.97. The van der Waals surface area contributed by atoms with Crippen LogP contribution in [0.25, 0.3) is 10.4 Å². The van der Waals surface area contributed by atoms with E-state index in [0.717, 1.165) is 5.56 Å². The molecule has 0 fully saturated rings. The number of amides is 1. The summed E-state index contributed by atoms with van der Waals surface area (Å²) >= 11 is 0. The van der Waals surface area contributed by atoms with Gasteiger partial charge in [-0.2, -0.15) is 8.42 Å². The number of azide groups is 1. The lowest BCUT2D eigenvalue weighted by atomic mass is 10.0. The zero-order valence-electron chi connectivity index (χ0n) is 14.9.